The van der Waals surface area contributed by atoms with Crippen LogP contribution in [-0.4, -0.2) is 21.5 Å². The van der Waals surface area contributed by atoms with Gasteiger partial charge in [-0.15, -0.1) is 0 Å². The molecule has 0 aliphatic heterocycles. The normalized spacial score (nSPS) is 15.5. The Morgan fingerprint density at radius 1 is 1.07 bits per heavy atom. The van der Waals surface area contributed by atoms with E-state index in [0.29, 0.717) is 0 Å². The Labute approximate surface area is 177 Å². The largest absolute Gasteiger partial charge is 0.349 e. The van der Waals surface area contributed by atoms with Crippen LogP contribution < -0.4 is 5.32 Å². The molecule has 0 bridgehead atoms. The third-order valence-corrected chi connectivity index (χ3v) is 6.47. The van der Waals surface area contributed by atoms with Crippen molar-refractivity contribution in [2.45, 2.75) is 65.0 Å². The van der Waals surface area contributed by atoms with Crippen molar-refractivity contribution < 1.29 is 4.79 Å². The van der Waals surface area contributed by atoms with Crippen LogP contribution in [0.25, 0.3) is 32.8 Å². The Hall–Kier alpha value is -2.88. The Balaban J connectivity index is 1.84. The number of rotatable bonds is 3. The third kappa shape index (κ3) is 3.06. The van der Waals surface area contributed by atoms with Crippen LogP contribution in [0.5, 0.6) is 0 Å². The van der Waals surface area contributed by atoms with Gasteiger partial charge in [-0.3, -0.25) is 4.79 Å². The van der Waals surface area contributed by atoms with E-state index in [-0.39, 0.29) is 18.0 Å². The van der Waals surface area contributed by atoms with Crippen molar-refractivity contribution >= 4 is 38.7 Å². The summed E-state index contributed by atoms with van der Waals surface area (Å²) >= 11 is 0. The number of carbonyl (C=O) groups is 1. The van der Waals surface area contributed by atoms with Gasteiger partial charge in [-0.2, -0.15) is 0 Å². The summed E-state index contributed by atoms with van der Waals surface area (Å²) in [6, 6.07) is 15.1. The van der Waals surface area contributed by atoms with Gasteiger partial charge in [0.2, 0.25) is 0 Å². The SMILES string of the molecule is Cc1ccc2nc3c(c(C(=O)NC4CCCCC4)c2c1)c1ccccc1n3C(C)C. The van der Waals surface area contributed by atoms with Gasteiger partial charge >= 0.3 is 0 Å². The Morgan fingerprint density at radius 2 is 1.83 bits per heavy atom. The zero-order valence-electron chi connectivity index (χ0n) is 18.0. The molecule has 5 rings (SSSR count). The number of carbonyl (C=O) groups excluding carboxylic acids is 1. The lowest BCUT2D eigenvalue weighted by atomic mass is 9.94. The minimum absolute atomic E-state index is 0.0385. The molecule has 1 amide bonds. The van der Waals surface area contributed by atoms with E-state index in [1.807, 2.05) is 6.07 Å². The number of fused-ring (bicyclic) bond motifs is 4. The maximum absolute atomic E-state index is 13.7. The first kappa shape index (κ1) is 19.1. The number of nitrogens with zero attached hydrogens (tertiary/aromatic N) is 2. The van der Waals surface area contributed by atoms with E-state index in [4.69, 9.17) is 4.98 Å². The van der Waals surface area contributed by atoms with E-state index >= 15 is 0 Å². The van der Waals surface area contributed by atoms with Gasteiger partial charge < -0.3 is 9.88 Å². The molecule has 2 aromatic carbocycles. The maximum Gasteiger partial charge on any atom is 0.252 e. The highest BCUT2D eigenvalue weighted by Gasteiger charge is 2.25. The molecule has 0 spiro atoms. The van der Waals surface area contributed by atoms with Gasteiger partial charge in [-0.1, -0.05) is 49.1 Å². The second-order valence-corrected chi connectivity index (χ2v) is 9.00. The molecule has 0 saturated heterocycles. The quantitative estimate of drug-likeness (QED) is 0.440. The molecule has 1 N–H and O–H groups in total. The predicted octanol–water partition coefficient (Wildman–Crippen LogP) is 6.29. The topological polar surface area (TPSA) is 46.9 Å². The number of hydrogen-bond donors (Lipinski definition) is 1. The Morgan fingerprint density at radius 3 is 2.60 bits per heavy atom. The molecule has 154 valence electrons. The van der Waals surface area contributed by atoms with E-state index in [9.17, 15) is 4.79 Å². The minimum Gasteiger partial charge on any atom is -0.349 e. The highest BCUT2D eigenvalue weighted by molar-refractivity contribution is 6.23. The molecular weight excluding hydrogens is 370 g/mol. The summed E-state index contributed by atoms with van der Waals surface area (Å²) in [5, 5.41) is 6.39. The summed E-state index contributed by atoms with van der Waals surface area (Å²) in [4.78, 5) is 18.8. The van der Waals surface area contributed by atoms with Gasteiger partial charge in [-0.05, 0) is 51.8 Å². The second-order valence-electron chi connectivity index (χ2n) is 9.00. The summed E-state index contributed by atoms with van der Waals surface area (Å²) < 4.78 is 2.27. The van der Waals surface area contributed by atoms with Crippen molar-refractivity contribution in [3.8, 4) is 0 Å². The molecule has 2 aromatic heterocycles. The fraction of sp³-hybridized carbons (Fsp3) is 0.385. The van der Waals surface area contributed by atoms with Gasteiger partial charge in [0, 0.05) is 28.2 Å². The van der Waals surface area contributed by atoms with Crippen LogP contribution in [0.15, 0.2) is 42.5 Å². The van der Waals surface area contributed by atoms with Crippen LogP contribution in [0, 0.1) is 6.92 Å². The summed E-state index contributed by atoms with van der Waals surface area (Å²) in [5.74, 6) is 0.0385. The van der Waals surface area contributed by atoms with Crippen molar-refractivity contribution in [1.82, 2.24) is 14.9 Å². The number of pyridine rings is 1. The van der Waals surface area contributed by atoms with Crippen LogP contribution in [0.4, 0.5) is 0 Å². The fourth-order valence-corrected chi connectivity index (χ4v) is 5.07. The van der Waals surface area contributed by atoms with E-state index in [2.05, 4.69) is 67.1 Å². The van der Waals surface area contributed by atoms with Gasteiger partial charge in [-0.25, -0.2) is 4.98 Å². The second kappa shape index (κ2) is 7.42. The molecule has 0 atom stereocenters. The molecule has 4 aromatic rings. The highest BCUT2D eigenvalue weighted by atomic mass is 16.1. The van der Waals surface area contributed by atoms with Crippen LogP contribution in [0.1, 0.15) is 67.9 Å². The molecule has 0 unspecified atom stereocenters. The first-order valence-corrected chi connectivity index (χ1v) is 11.2. The Kier molecular flexibility index (Phi) is 4.73. The van der Waals surface area contributed by atoms with Crippen molar-refractivity contribution in [2.75, 3.05) is 0 Å². The lowest BCUT2D eigenvalue weighted by Crippen LogP contribution is -2.36. The highest BCUT2D eigenvalue weighted by Crippen LogP contribution is 2.36. The number of para-hydroxylation sites is 1. The van der Waals surface area contributed by atoms with E-state index in [0.717, 1.165) is 56.8 Å². The van der Waals surface area contributed by atoms with Crippen molar-refractivity contribution in [3.05, 3.63) is 53.6 Å². The van der Waals surface area contributed by atoms with Gasteiger partial charge in [0.1, 0.15) is 5.65 Å². The van der Waals surface area contributed by atoms with E-state index in [1.165, 1.54) is 19.3 Å². The number of amides is 1. The summed E-state index contributed by atoms with van der Waals surface area (Å²) in [5.41, 5.74) is 4.83. The monoisotopic (exact) mass is 399 g/mol. The molecule has 30 heavy (non-hydrogen) atoms. The number of nitrogens with one attached hydrogen (secondary N) is 1. The van der Waals surface area contributed by atoms with E-state index in [1.54, 1.807) is 0 Å². The molecule has 4 nitrogen and oxygen atoms in total. The standard InChI is InChI=1S/C26H29N3O/c1-16(2)29-22-12-8-7-11-19(22)23-24(26(30)27-18-9-5-4-6-10-18)20-15-17(3)13-14-21(20)28-25(23)29/h7-8,11-16,18H,4-6,9-10H2,1-3H3,(H,27,30). The van der Waals surface area contributed by atoms with Gasteiger partial charge in [0.25, 0.3) is 5.91 Å². The minimum atomic E-state index is 0.0385. The van der Waals surface area contributed by atoms with Crippen molar-refractivity contribution in [3.63, 3.8) is 0 Å². The molecule has 0 radical (unpaired) electrons. The van der Waals surface area contributed by atoms with E-state index < -0.39 is 0 Å². The summed E-state index contributed by atoms with van der Waals surface area (Å²) in [6.07, 6.45) is 5.82. The summed E-state index contributed by atoms with van der Waals surface area (Å²) in [7, 11) is 0. The number of aromatic nitrogens is 2. The van der Waals surface area contributed by atoms with Crippen LogP contribution in [0.2, 0.25) is 0 Å². The Bertz CT molecular complexity index is 1260. The van der Waals surface area contributed by atoms with Gasteiger partial charge in [0.15, 0.2) is 0 Å². The molecular formula is C26H29N3O. The van der Waals surface area contributed by atoms with Crippen LogP contribution >= 0.6 is 0 Å². The van der Waals surface area contributed by atoms with Gasteiger partial charge in [0.05, 0.1) is 16.6 Å². The number of benzene rings is 2. The predicted molar refractivity (Wildman–Crippen MR) is 124 cm³/mol. The smallest absolute Gasteiger partial charge is 0.252 e. The molecule has 1 aliphatic rings. The third-order valence-electron chi connectivity index (χ3n) is 6.47. The number of aryl methyl sites for hydroxylation is 1. The lowest BCUT2D eigenvalue weighted by molar-refractivity contribution is 0.0931. The average molecular weight is 400 g/mol. The van der Waals surface area contributed by atoms with Crippen molar-refractivity contribution in [2.24, 2.45) is 0 Å². The van der Waals surface area contributed by atoms with Crippen LogP contribution in [-0.2, 0) is 0 Å². The average Bonchev–Trinajstić information content (AvgIpc) is 3.06. The zero-order valence-corrected chi connectivity index (χ0v) is 18.0. The lowest BCUT2D eigenvalue weighted by Gasteiger charge is -2.23. The molecule has 1 aliphatic carbocycles. The van der Waals surface area contributed by atoms with Crippen molar-refractivity contribution in [1.29, 1.82) is 0 Å². The molecule has 2 heterocycles. The zero-order chi connectivity index (χ0) is 20.8. The maximum atomic E-state index is 13.7. The molecule has 4 heteroatoms. The molecule has 1 fully saturated rings. The number of hydrogen-bond acceptors (Lipinski definition) is 2. The fourth-order valence-electron chi connectivity index (χ4n) is 5.07. The first-order valence-electron chi connectivity index (χ1n) is 11.2. The van der Waals surface area contributed by atoms with Crippen LogP contribution in [0.3, 0.4) is 0 Å². The molecule has 1 saturated carbocycles. The first-order chi connectivity index (χ1) is 14.5. The summed E-state index contributed by atoms with van der Waals surface area (Å²) in [6.45, 7) is 6.42.